The summed E-state index contributed by atoms with van der Waals surface area (Å²) >= 11 is 0. The summed E-state index contributed by atoms with van der Waals surface area (Å²) in [7, 11) is 0. The zero-order valence-electron chi connectivity index (χ0n) is 11.4. The topological polar surface area (TPSA) is 55.1 Å². The van der Waals surface area contributed by atoms with E-state index < -0.39 is 0 Å². The molecule has 4 rings (SSSR count). The van der Waals surface area contributed by atoms with Gasteiger partial charge in [0.25, 0.3) is 5.91 Å². The minimum Gasteiger partial charge on any atom is -0.351 e. The summed E-state index contributed by atoms with van der Waals surface area (Å²) in [6, 6.07) is 6.37. The van der Waals surface area contributed by atoms with E-state index in [4.69, 9.17) is 4.52 Å². The molecule has 2 aromatic rings. The van der Waals surface area contributed by atoms with E-state index in [1.165, 1.54) is 6.07 Å². The molecule has 0 aliphatic heterocycles. The second-order valence-corrected chi connectivity index (χ2v) is 5.80. The first-order valence-electron chi connectivity index (χ1n) is 7.26. The van der Waals surface area contributed by atoms with Gasteiger partial charge in [-0.2, -0.15) is 0 Å². The van der Waals surface area contributed by atoms with Gasteiger partial charge in [0, 0.05) is 12.0 Å². The number of aromatic nitrogens is 1. The Bertz CT molecular complexity index is 706. The molecule has 1 aromatic carbocycles. The van der Waals surface area contributed by atoms with Gasteiger partial charge in [0.15, 0.2) is 0 Å². The number of nitrogens with zero attached hydrogens (tertiary/aromatic N) is 1. The van der Waals surface area contributed by atoms with E-state index in [0.29, 0.717) is 5.92 Å². The maximum absolute atomic E-state index is 13.2. The second kappa shape index (κ2) is 4.69. The molecule has 1 saturated carbocycles. The molecule has 5 heteroatoms. The fraction of sp³-hybridized carbons (Fsp3) is 0.375. The Labute approximate surface area is 121 Å². The molecule has 4 nitrogen and oxygen atoms in total. The molecule has 0 saturated heterocycles. The van der Waals surface area contributed by atoms with Crippen LogP contribution in [-0.4, -0.2) is 11.1 Å². The van der Waals surface area contributed by atoms with E-state index in [2.05, 4.69) is 10.5 Å². The van der Waals surface area contributed by atoms with Crippen molar-refractivity contribution in [3.63, 3.8) is 0 Å². The second-order valence-electron chi connectivity index (χ2n) is 5.80. The number of nitrogens with one attached hydrogen (secondary N) is 1. The van der Waals surface area contributed by atoms with E-state index in [9.17, 15) is 9.18 Å². The lowest BCUT2D eigenvalue weighted by Gasteiger charge is -2.12. The van der Waals surface area contributed by atoms with Crippen molar-refractivity contribution in [3.8, 4) is 0 Å². The van der Waals surface area contributed by atoms with Gasteiger partial charge >= 0.3 is 0 Å². The maximum Gasteiger partial charge on any atom is 0.290 e. The Balaban J connectivity index is 1.50. The molecular weight excluding hydrogens is 271 g/mol. The van der Waals surface area contributed by atoms with Crippen molar-refractivity contribution < 1.29 is 13.7 Å². The molecule has 1 atom stereocenters. The molecule has 0 radical (unpaired) electrons. The Kier molecular flexibility index (Phi) is 2.80. The molecule has 21 heavy (non-hydrogen) atoms. The third-order valence-electron chi connectivity index (χ3n) is 4.24. The molecule has 1 aromatic heterocycles. The minimum atomic E-state index is -0.253. The van der Waals surface area contributed by atoms with Crippen LogP contribution >= 0.6 is 0 Å². The quantitative estimate of drug-likeness (QED) is 0.943. The summed E-state index contributed by atoms with van der Waals surface area (Å²) in [4.78, 5) is 12.2. The highest BCUT2D eigenvalue weighted by Crippen LogP contribution is 2.39. The summed E-state index contributed by atoms with van der Waals surface area (Å²) in [5.41, 5.74) is 2.83. The lowest BCUT2D eigenvalue weighted by atomic mass is 10.1. The average molecular weight is 286 g/mol. The van der Waals surface area contributed by atoms with Crippen LogP contribution in [0.25, 0.3) is 0 Å². The minimum absolute atomic E-state index is 0.0809. The first kappa shape index (κ1) is 12.6. The molecule has 108 valence electrons. The number of amides is 1. The standard InChI is InChI=1S/C16H15FN2O2/c17-11-4-5-12-10(7-11)3-6-13(12)18-16(20)15-8-14(19-21-15)9-1-2-9/h4-5,7-9,13H,1-3,6H2,(H,18,20)/t13-/m1/s1. The van der Waals surface area contributed by atoms with E-state index in [1.54, 1.807) is 18.2 Å². The lowest BCUT2D eigenvalue weighted by Crippen LogP contribution is -2.26. The fourth-order valence-corrected chi connectivity index (χ4v) is 2.93. The molecule has 2 aliphatic rings. The number of benzene rings is 1. The molecule has 1 amide bonds. The van der Waals surface area contributed by atoms with Crippen molar-refractivity contribution in [1.82, 2.24) is 10.5 Å². The number of fused-ring (bicyclic) bond motifs is 1. The van der Waals surface area contributed by atoms with Gasteiger partial charge in [-0.05, 0) is 48.9 Å². The number of halogens is 1. The third-order valence-corrected chi connectivity index (χ3v) is 4.24. The number of rotatable bonds is 3. The van der Waals surface area contributed by atoms with Crippen molar-refractivity contribution in [1.29, 1.82) is 0 Å². The molecule has 0 bridgehead atoms. The number of aryl methyl sites for hydroxylation is 1. The molecule has 0 unspecified atom stereocenters. The van der Waals surface area contributed by atoms with Crippen LogP contribution in [0.5, 0.6) is 0 Å². The van der Waals surface area contributed by atoms with Gasteiger partial charge in [-0.3, -0.25) is 4.79 Å². The Morgan fingerprint density at radius 1 is 1.29 bits per heavy atom. The van der Waals surface area contributed by atoms with Crippen molar-refractivity contribution in [3.05, 3.63) is 52.7 Å². The van der Waals surface area contributed by atoms with E-state index in [0.717, 1.165) is 42.5 Å². The van der Waals surface area contributed by atoms with E-state index >= 15 is 0 Å². The third kappa shape index (κ3) is 2.33. The predicted octanol–water partition coefficient (Wildman–Crippen LogP) is 3.11. The largest absolute Gasteiger partial charge is 0.351 e. The SMILES string of the molecule is O=C(N[C@@H]1CCc2cc(F)ccc21)c1cc(C2CC2)no1. The first-order valence-corrected chi connectivity index (χ1v) is 7.26. The predicted molar refractivity (Wildman–Crippen MR) is 73.4 cm³/mol. The molecular formula is C16H15FN2O2. The van der Waals surface area contributed by atoms with Gasteiger partial charge in [0.05, 0.1) is 11.7 Å². The number of hydrogen-bond donors (Lipinski definition) is 1. The highest BCUT2D eigenvalue weighted by atomic mass is 19.1. The van der Waals surface area contributed by atoms with Crippen molar-refractivity contribution >= 4 is 5.91 Å². The van der Waals surface area contributed by atoms with Crippen LogP contribution in [0.2, 0.25) is 0 Å². The molecule has 1 fully saturated rings. The first-order chi connectivity index (χ1) is 10.2. The fourth-order valence-electron chi connectivity index (χ4n) is 2.93. The number of carbonyl (C=O) groups is 1. The molecule has 0 spiro atoms. The zero-order chi connectivity index (χ0) is 14.4. The van der Waals surface area contributed by atoms with Crippen LogP contribution in [0.15, 0.2) is 28.8 Å². The van der Waals surface area contributed by atoms with Crippen LogP contribution in [0.4, 0.5) is 4.39 Å². The smallest absolute Gasteiger partial charge is 0.290 e. The zero-order valence-corrected chi connectivity index (χ0v) is 11.4. The average Bonchev–Trinajstić information content (AvgIpc) is 3.07. The summed E-state index contributed by atoms with van der Waals surface area (Å²) in [5.74, 6) is 0.236. The Hall–Kier alpha value is -2.17. The Morgan fingerprint density at radius 3 is 2.95 bits per heavy atom. The normalized spacial score (nSPS) is 20.3. The van der Waals surface area contributed by atoms with Gasteiger partial charge < -0.3 is 9.84 Å². The monoisotopic (exact) mass is 286 g/mol. The lowest BCUT2D eigenvalue weighted by molar-refractivity contribution is 0.0899. The number of carbonyl (C=O) groups excluding carboxylic acids is 1. The van der Waals surface area contributed by atoms with Crippen molar-refractivity contribution in [2.75, 3.05) is 0 Å². The van der Waals surface area contributed by atoms with Gasteiger partial charge in [-0.25, -0.2) is 4.39 Å². The van der Waals surface area contributed by atoms with Gasteiger partial charge in [0.2, 0.25) is 5.76 Å². The van der Waals surface area contributed by atoms with Crippen LogP contribution in [0.3, 0.4) is 0 Å². The van der Waals surface area contributed by atoms with Crippen LogP contribution < -0.4 is 5.32 Å². The van der Waals surface area contributed by atoms with E-state index in [-0.39, 0.29) is 23.5 Å². The summed E-state index contributed by atoms with van der Waals surface area (Å²) in [6.07, 6.45) is 3.81. The Morgan fingerprint density at radius 2 is 2.14 bits per heavy atom. The molecule has 1 N–H and O–H groups in total. The summed E-state index contributed by atoms with van der Waals surface area (Å²) in [5, 5.41) is 6.89. The van der Waals surface area contributed by atoms with Gasteiger partial charge in [-0.15, -0.1) is 0 Å². The van der Waals surface area contributed by atoms with Crippen molar-refractivity contribution in [2.24, 2.45) is 0 Å². The van der Waals surface area contributed by atoms with Crippen LogP contribution in [0, 0.1) is 5.82 Å². The van der Waals surface area contributed by atoms with Crippen LogP contribution in [-0.2, 0) is 6.42 Å². The highest BCUT2D eigenvalue weighted by molar-refractivity contribution is 5.91. The summed E-state index contributed by atoms with van der Waals surface area (Å²) < 4.78 is 18.3. The van der Waals surface area contributed by atoms with Gasteiger partial charge in [-0.1, -0.05) is 11.2 Å². The highest BCUT2D eigenvalue weighted by Gasteiger charge is 2.30. The molecule has 1 heterocycles. The van der Waals surface area contributed by atoms with Gasteiger partial charge in [0.1, 0.15) is 5.82 Å². The molecule has 2 aliphatic carbocycles. The van der Waals surface area contributed by atoms with E-state index in [1.807, 2.05) is 0 Å². The number of hydrogen-bond acceptors (Lipinski definition) is 3. The van der Waals surface area contributed by atoms with Crippen molar-refractivity contribution in [2.45, 2.75) is 37.6 Å². The summed E-state index contributed by atoms with van der Waals surface area (Å²) in [6.45, 7) is 0. The van der Waals surface area contributed by atoms with Crippen LogP contribution in [0.1, 0.15) is 58.6 Å². The maximum atomic E-state index is 13.2.